The summed E-state index contributed by atoms with van der Waals surface area (Å²) in [7, 11) is -3.03. The normalized spacial score (nSPS) is 15.6. The molecule has 0 bridgehead atoms. The Hall–Kier alpha value is -0.673. The molecule has 0 aromatic heterocycles. The van der Waals surface area contributed by atoms with Gasteiger partial charge in [-0.25, -0.2) is 0 Å². The van der Waals surface area contributed by atoms with Crippen molar-refractivity contribution in [2.75, 3.05) is 0 Å². The summed E-state index contributed by atoms with van der Waals surface area (Å²) < 4.78 is 19.7. The van der Waals surface area contributed by atoms with Gasteiger partial charge in [-0.05, 0) is 32.0 Å². The van der Waals surface area contributed by atoms with Crippen molar-refractivity contribution in [3.8, 4) is 0 Å². The molecule has 1 rings (SSSR count). The molecule has 0 aliphatic heterocycles. The molecule has 96 valence electrons. The summed E-state index contributed by atoms with van der Waals surface area (Å²) in [6.45, 7) is 7.34. The minimum Gasteiger partial charge on any atom is -0.382 e. The van der Waals surface area contributed by atoms with Crippen LogP contribution in [0.3, 0.4) is 0 Å². The summed E-state index contributed by atoms with van der Waals surface area (Å²) in [6.07, 6.45) is 3.02. The Balaban J connectivity index is 2.93. The van der Waals surface area contributed by atoms with Gasteiger partial charge in [0.25, 0.3) is 0 Å². The van der Waals surface area contributed by atoms with Crippen LogP contribution in [0.4, 0.5) is 4.11 Å². The molecule has 1 nitrogen and oxygen atoms in total. The van der Waals surface area contributed by atoms with E-state index in [0.29, 0.717) is 0 Å². The summed E-state index contributed by atoms with van der Waals surface area (Å²) in [5.74, 6) is 0. The first-order chi connectivity index (χ1) is 7.87. The first-order valence-electron chi connectivity index (χ1n) is 6.32. The fourth-order valence-corrected chi connectivity index (χ4v) is 3.39. The lowest BCUT2D eigenvalue weighted by molar-refractivity contribution is 0.0514. The molecular formula is C14H23FOSi. The van der Waals surface area contributed by atoms with Crippen molar-refractivity contribution in [3.05, 3.63) is 35.9 Å². The van der Waals surface area contributed by atoms with E-state index in [4.69, 9.17) is 4.43 Å². The molecule has 1 atom stereocenters. The summed E-state index contributed by atoms with van der Waals surface area (Å²) >= 11 is 0. The van der Waals surface area contributed by atoms with Crippen LogP contribution in [0.25, 0.3) is 0 Å². The van der Waals surface area contributed by atoms with Gasteiger partial charge >= 0.3 is 8.65 Å². The molecule has 0 radical (unpaired) electrons. The second kappa shape index (κ2) is 5.78. The zero-order chi connectivity index (χ0) is 12.9. The van der Waals surface area contributed by atoms with Gasteiger partial charge in [0.05, 0.1) is 5.60 Å². The highest BCUT2D eigenvalue weighted by Crippen LogP contribution is 2.34. The van der Waals surface area contributed by atoms with Gasteiger partial charge in [-0.3, -0.25) is 4.11 Å². The third-order valence-corrected chi connectivity index (χ3v) is 3.80. The Morgan fingerprint density at radius 3 is 2.29 bits per heavy atom. The summed E-state index contributed by atoms with van der Waals surface area (Å²) in [5.41, 5.74) is 0.591. The average molecular weight is 254 g/mol. The largest absolute Gasteiger partial charge is 0.382 e. The molecule has 0 heterocycles. The van der Waals surface area contributed by atoms with Gasteiger partial charge in [0.1, 0.15) is 0 Å². The van der Waals surface area contributed by atoms with Crippen molar-refractivity contribution < 1.29 is 8.53 Å². The lowest BCUT2D eigenvalue weighted by Crippen LogP contribution is -2.37. The van der Waals surface area contributed by atoms with Crippen LogP contribution in [-0.4, -0.2) is 8.65 Å². The first-order valence-corrected chi connectivity index (χ1v) is 9.10. The van der Waals surface area contributed by atoms with Crippen LogP contribution >= 0.6 is 0 Å². The summed E-state index contributed by atoms with van der Waals surface area (Å²) in [6, 6.07) is 9.98. The molecule has 1 aromatic rings. The van der Waals surface area contributed by atoms with Crippen molar-refractivity contribution >= 4 is 8.65 Å². The van der Waals surface area contributed by atoms with Gasteiger partial charge in [-0.2, -0.15) is 0 Å². The van der Waals surface area contributed by atoms with E-state index in [-0.39, 0.29) is 0 Å². The first kappa shape index (κ1) is 14.4. The second-order valence-electron chi connectivity index (χ2n) is 5.17. The van der Waals surface area contributed by atoms with E-state index in [9.17, 15) is 4.11 Å². The highest BCUT2D eigenvalue weighted by Gasteiger charge is 2.36. The van der Waals surface area contributed by atoms with Crippen LogP contribution in [0.5, 0.6) is 0 Å². The van der Waals surface area contributed by atoms with E-state index in [0.717, 1.165) is 24.8 Å². The summed E-state index contributed by atoms with van der Waals surface area (Å²) in [4.78, 5) is 0. The second-order valence-corrected chi connectivity index (χ2v) is 8.10. The molecule has 0 fully saturated rings. The number of unbranched alkanes of at least 4 members (excludes halogenated alkanes) is 1. The zero-order valence-electron chi connectivity index (χ0n) is 11.3. The summed E-state index contributed by atoms with van der Waals surface area (Å²) in [5, 5.41) is 0. The molecule has 17 heavy (non-hydrogen) atoms. The van der Waals surface area contributed by atoms with E-state index in [1.54, 1.807) is 13.1 Å². The number of halogens is 1. The van der Waals surface area contributed by atoms with Gasteiger partial charge in [0.2, 0.25) is 0 Å². The number of hydrogen-bond acceptors (Lipinski definition) is 1. The van der Waals surface area contributed by atoms with E-state index >= 15 is 0 Å². The van der Waals surface area contributed by atoms with E-state index < -0.39 is 14.3 Å². The Morgan fingerprint density at radius 1 is 1.24 bits per heavy atom. The molecule has 0 N–H and O–H groups in total. The molecule has 0 amide bonds. The Bertz CT molecular complexity index is 334. The lowest BCUT2D eigenvalue weighted by atomic mass is 9.91. The van der Waals surface area contributed by atoms with Crippen LogP contribution in [0.1, 0.15) is 38.7 Å². The highest BCUT2D eigenvalue weighted by atomic mass is 28.4. The molecule has 0 saturated carbocycles. The minimum absolute atomic E-state index is 0.484. The molecule has 0 aliphatic rings. The van der Waals surface area contributed by atoms with Crippen LogP contribution in [0, 0.1) is 0 Å². The van der Waals surface area contributed by atoms with Crippen molar-refractivity contribution in [1.82, 2.24) is 0 Å². The zero-order valence-corrected chi connectivity index (χ0v) is 12.3. The van der Waals surface area contributed by atoms with E-state index in [1.807, 2.05) is 37.3 Å². The van der Waals surface area contributed by atoms with E-state index in [2.05, 4.69) is 6.92 Å². The van der Waals surface area contributed by atoms with Gasteiger partial charge in [0.15, 0.2) is 0 Å². The molecular weight excluding hydrogens is 231 g/mol. The maximum atomic E-state index is 13.9. The van der Waals surface area contributed by atoms with E-state index in [1.165, 1.54) is 0 Å². The Morgan fingerprint density at radius 2 is 1.82 bits per heavy atom. The standard InChI is InChI=1S/C14H23FOSi/c1-5-6-12-14(2,16-17(3,4)15)13-10-8-7-9-11-13/h7-11H,5-6,12H2,1-4H3. The monoisotopic (exact) mass is 254 g/mol. The predicted molar refractivity (Wildman–Crippen MR) is 73.0 cm³/mol. The molecule has 1 aromatic carbocycles. The van der Waals surface area contributed by atoms with Crippen LogP contribution < -0.4 is 0 Å². The van der Waals surface area contributed by atoms with Crippen molar-refractivity contribution in [3.63, 3.8) is 0 Å². The van der Waals surface area contributed by atoms with Crippen molar-refractivity contribution in [2.24, 2.45) is 0 Å². The minimum atomic E-state index is -3.03. The number of benzene rings is 1. The molecule has 1 unspecified atom stereocenters. The SMILES string of the molecule is CCCCC(C)(O[Si](C)(C)F)c1ccccc1. The van der Waals surface area contributed by atoms with Crippen LogP contribution in [0.15, 0.2) is 30.3 Å². The quantitative estimate of drug-likeness (QED) is 0.524. The third-order valence-electron chi connectivity index (χ3n) is 2.86. The third kappa shape index (κ3) is 4.60. The lowest BCUT2D eigenvalue weighted by Gasteiger charge is -2.34. The molecule has 0 saturated heterocycles. The number of rotatable bonds is 6. The van der Waals surface area contributed by atoms with Crippen molar-refractivity contribution in [2.45, 2.75) is 51.8 Å². The van der Waals surface area contributed by atoms with Gasteiger partial charge in [0, 0.05) is 0 Å². The fourth-order valence-electron chi connectivity index (χ4n) is 2.09. The number of hydrogen-bond donors (Lipinski definition) is 0. The maximum Gasteiger partial charge on any atom is 0.378 e. The average Bonchev–Trinajstić information content (AvgIpc) is 2.25. The highest BCUT2D eigenvalue weighted by molar-refractivity contribution is 6.63. The van der Waals surface area contributed by atoms with Crippen LogP contribution in [-0.2, 0) is 10.0 Å². The smallest absolute Gasteiger partial charge is 0.378 e. The Labute approximate surface area is 105 Å². The van der Waals surface area contributed by atoms with Gasteiger partial charge in [-0.15, -0.1) is 0 Å². The fraction of sp³-hybridized carbons (Fsp3) is 0.571. The van der Waals surface area contributed by atoms with Crippen molar-refractivity contribution in [1.29, 1.82) is 0 Å². The maximum absolute atomic E-state index is 13.9. The molecule has 3 heteroatoms. The molecule has 0 aliphatic carbocycles. The van der Waals surface area contributed by atoms with Crippen LogP contribution in [0.2, 0.25) is 13.1 Å². The Kier molecular flexibility index (Phi) is 4.89. The molecule has 0 spiro atoms. The van der Waals surface area contributed by atoms with Gasteiger partial charge < -0.3 is 4.43 Å². The van der Waals surface area contributed by atoms with Gasteiger partial charge in [-0.1, -0.05) is 50.1 Å². The predicted octanol–water partition coefficient (Wildman–Crippen LogP) is 4.78. The topological polar surface area (TPSA) is 9.23 Å².